The van der Waals surface area contributed by atoms with Gasteiger partial charge in [0.05, 0.1) is 11.0 Å². The number of aromatic nitrogens is 2. The maximum atomic E-state index is 13.2. The molecule has 0 aliphatic rings. The van der Waals surface area contributed by atoms with Crippen molar-refractivity contribution >= 4 is 16.9 Å². The topological polar surface area (TPSA) is 46.9 Å². The van der Waals surface area contributed by atoms with Crippen molar-refractivity contribution in [2.24, 2.45) is 0 Å². The number of rotatable bonds is 4. The highest BCUT2D eigenvalue weighted by molar-refractivity contribution is 5.81. The van der Waals surface area contributed by atoms with Gasteiger partial charge < -0.3 is 9.88 Å². The van der Waals surface area contributed by atoms with E-state index in [-0.39, 0.29) is 17.6 Å². The number of nitrogens with one attached hydrogen (secondary N) is 1. The number of carbonyl (C=O) groups is 1. The third kappa shape index (κ3) is 3.40. The van der Waals surface area contributed by atoms with E-state index in [2.05, 4.69) is 10.3 Å². The third-order valence-corrected chi connectivity index (χ3v) is 3.54. The normalized spacial score (nSPS) is 11.6. The van der Waals surface area contributed by atoms with Crippen LogP contribution in [-0.4, -0.2) is 15.5 Å². The molecule has 2 aromatic carbocycles. The molecule has 3 aromatic rings. The molecule has 0 radical (unpaired) electrons. The van der Waals surface area contributed by atoms with Gasteiger partial charge in [-0.05, 0) is 17.7 Å². The predicted octanol–water partition coefficient (Wildman–Crippen LogP) is 3.37. The molecule has 7 heteroatoms. The summed E-state index contributed by atoms with van der Waals surface area (Å²) in [6, 6.07) is 15.4. The van der Waals surface area contributed by atoms with E-state index in [9.17, 15) is 18.0 Å². The molecule has 3 rings (SSSR count). The van der Waals surface area contributed by atoms with E-state index >= 15 is 0 Å². The quantitative estimate of drug-likeness (QED) is 0.796. The molecule has 124 valence electrons. The van der Waals surface area contributed by atoms with Crippen LogP contribution in [-0.2, 0) is 24.1 Å². The van der Waals surface area contributed by atoms with Crippen LogP contribution in [0.5, 0.6) is 0 Å². The highest BCUT2D eigenvalue weighted by atomic mass is 19.4. The first kappa shape index (κ1) is 16.0. The van der Waals surface area contributed by atoms with Gasteiger partial charge in [-0.25, -0.2) is 4.98 Å². The lowest BCUT2D eigenvalue weighted by molar-refractivity contribution is -0.147. The van der Waals surface area contributed by atoms with Gasteiger partial charge in [0.1, 0.15) is 6.54 Å². The molecular formula is C17H14F3N3O. The zero-order valence-electron chi connectivity index (χ0n) is 12.5. The molecule has 24 heavy (non-hydrogen) atoms. The summed E-state index contributed by atoms with van der Waals surface area (Å²) in [6.45, 7) is -0.185. The molecule has 0 saturated heterocycles. The van der Waals surface area contributed by atoms with Crippen LogP contribution in [0.3, 0.4) is 0 Å². The second kappa shape index (κ2) is 6.35. The molecule has 0 bridgehead atoms. The highest BCUT2D eigenvalue weighted by Crippen LogP contribution is 2.31. The molecule has 4 nitrogen and oxygen atoms in total. The summed E-state index contributed by atoms with van der Waals surface area (Å²) >= 11 is 0. The number of hydrogen-bond donors (Lipinski definition) is 1. The summed E-state index contributed by atoms with van der Waals surface area (Å²) in [5, 5.41) is 2.63. The van der Waals surface area contributed by atoms with Crippen LogP contribution in [0, 0.1) is 0 Å². The summed E-state index contributed by atoms with van der Waals surface area (Å²) in [4.78, 5) is 15.7. The largest absolute Gasteiger partial charge is 0.449 e. The van der Waals surface area contributed by atoms with E-state index in [0.717, 1.165) is 10.1 Å². The minimum atomic E-state index is -4.63. The Morgan fingerprint density at radius 1 is 1.04 bits per heavy atom. The van der Waals surface area contributed by atoms with Crippen molar-refractivity contribution in [3.05, 3.63) is 66.0 Å². The molecule has 0 atom stereocenters. The molecule has 1 N–H and O–H groups in total. The average molecular weight is 333 g/mol. The van der Waals surface area contributed by atoms with Crippen molar-refractivity contribution in [3.8, 4) is 0 Å². The number of benzene rings is 2. The Labute approximate surface area is 135 Å². The fraction of sp³-hybridized carbons (Fsp3) is 0.176. The predicted molar refractivity (Wildman–Crippen MR) is 83.0 cm³/mol. The second-order valence-corrected chi connectivity index (χ2v) is 5.27. The molecule has 0 saturated carbocycles. The number of carbonyl (C=O) groups excluding carboxylic acids is 1. The van der Waals surface area contributed by atoms with Crippen molar-refractivity contribution in [1.29, 1.82) is 0 Å². The number of hydrogen-bond acceptors (Lipinski definition) is 2. The van der Waals surface area contributed by atoms with Crippen LogP contribution in [0.1, 0.15) is 11.4 Å². The molecule has 0 aliphatic carbocycles. The first-order valence-electron chi connectivity index (χ1n) is 7.28. The van der Waals surface area contributed by atoms with E-state index in [1.807, 2.05) is 30.3 Å². The van der Waals surface area contributed by atoms with E-state index in [1.54, 1.807) is 12.1 Å². The minimum absolute atomic E-state index is 0.209. The van der Waals surface area contributed by atoms with Crippen molar-refractivity contribution in [1.82, 2.24) is 14.9 Å². The van der Waals surface area contributed by atoms with Gasteiger partial charge in [-0.3, -0.25) is 4.79 Å². The monoisotopic (exact) mass is 333 g/mol. The maximum absolute atomic E-state index is 13.2. The van der Waals surface area contributed by atoms with Crippen molar-refractivity contribution < 1.29 is 18.0 Å². The number of fused-ring (bicyclic) bond motifs is 1. The summed E-state index contributed by atoms with van der Waals surface area (Å²) in [5.41, 5.74) is 1.36. The molecular weight excluding hydrogens is 319 g/mol. The summed E-state index contributed by atoms with van der Waals surface area (Å²) in [7, 11) is 0. The lowest BCUT2D eigenvalue weighted by Crippen LogP contribution is -2.29. The van der Waals surface area contributed by atoms with E-state index < -0.39 is 24.5 Å². The molecule has 0 aliphatic heterocycles. The first-order chi connectivity index (χ1) is 11.4. The van der Waals surface area contributed by atoms with Gasteiger partial charge in [0.15, 0.2) is 0 Å². The van der Waals surface area contributed by atoms with Gasteiger partial charge in [-0.2, -0.15) is 13.2 Å². The average Bonchev–Trinajstić information content (AvgIpc) is 2.93. The Hall–Kier alpha value is -2.83. The number of halogens is 3. The fourth-order valence-electron chi connectivity index (χ4n) is 2.45. The number of alkyl halides is 3. The second-order valence-electron chi connectivity index (χ2n) is 5.27. The van der Waals surface area contributed by atoms with Crippen LogP contribution in [0.25, 0.3) is 11.0 Å². The first-order valence-corrected chi connectivity index (χ1v) is 7.28. The molecule has 1 aromatic heterocycles. The van der Waals surface area contributed by atoms with Crippen LogP contribution in [0.15, 0.2) is 54.6 Å². The van der Waals surface area contributed by atoms with E-state index in [4.69, 9.17) is 0 Å². The molecule has 1 amide bonds. The summed E-state index contributed by atoms with van der Waals surface area (Å²) in [6.07, 6.45) is -4.63. The Kier molecular flexibility index (Phi) is 4.24. The van der Waals surface area contributed by atoms with Gasteiger partial charge in [-0.1, -0.05) is 42.5 Å². The maximum Gasteiger partial charge on any atom is 0.449 e. The van der Waals surface area contributed by atoms with Crippen LogP contribution in [0.2, 0.25) is 0 Å². The van der Waals surface area contributed by atoms with Gasteiger partial charge in [0, 0.05) is 6.54 Å². The van der Waals surface area contributed by atoms with E-state index in [0.29, 0.717) is 0 Å². The standard InChI is InChI=1S/C17H14F3N3O/c18-17(19,20)16-22-13-8-4-5-9-14(13)23(16)11-15(24)21-10-12-6-2-1-3-7-12/h1-9H,10-11H2,(H,21,24). The number of para-hydroxylation sites is 2. The molecule has 1 heterocycles. The Balaban J connectivity index is 1.82. The van der Waals surface area contributed by atoms with Gasteiger partial charge in [0.2, 0.25) is 11.7 Å². The highest BCUT2D eigenvalue weighted by Gasteiger charge is 2.37. The Morgan fingerprint density at radius 2 is 1.71 bits per heavy atom. The van der Waals surface area contributed by atoms with Crippen molar-refractivity contribution in [2.75, 3.05) is 0 Å². The van der Waals surface area contributed by atoms with Crippen LogP contribution >= 0.6 is 0 Å². The fourth-order valence-corrected chi connectivity index (χ4v) is 2.45. The SMILES string of the molecule is O=C(Cn1c(C(F)(F)F)nc2ccccc21)NCc1ccccc1. The Morgan fingerprint density at radius 3 is 2.42 bits per heavy atom. The lowest BCUT2D eigenvalue weighted by atomic mass is 10.2. The van der Waals surface area contributed by atoms with Crippen LogP contribution < -0.4 is 5.32 Å². The van der Waals surface area contributed by atoms with Crippen LogP contribution in [0.4, 0.5) is 13.2 Å². The minimum Gasteiger partial charge on any atom is -0.350 e. The lowest BCUT2D eigenvalue weighted by Gasteiger charge is -2.11. The zero-order valence-corrected chi connectivity index (χ0v) is 12.5. The zero-order chi connectivity index (χ0) is 17.2. The molecule has 0 spiro atoms. The van der Waals surface area contributed by atoms with E-state index in [1.165, 1.54) is 12.1 Å². The Bertz CT molecular complexity index is 856. The van der Waals surface area contributed by atoms with Gasteiger partial charge in [-0.15, -0.1) is 0 Å². The van der Waals surface area contributed by atoms with Crippen molar-refractivity contribution in [2.45, 2.75) is 19.3 Å². The third-order valence-electron chi connectivity index (χ3n) is 3.54. The molecule has 0 fully saturated rings. The smallest absolute Gasteiger partial charge is 0.350 e. The van der Waals surface area contributed by atoms with Crippen molar-refractivity contribution in [3.63, 3.8) is 0 Å². The summed E-state index contributed by atoms with van der Waals surface area (Å²) in [5.74, 6) is -1.58. The number of nitrogens with zero attached hydrogens (tertiary/aromatic N) is 2. The number of imidazole rings is 1. The summed E-state index contributed by atoms with van der Waals surface area (Å²) < 4.78 is 40.4. The number of amides is 1. The van der Waals surface area contributed by atoms with Gasteiger partial charge >= 0.3 is 6.18 Å². The van der Waals surface area contributed by atoms with Gasteiger partial charge in [0.25, 0.3) is 0 Å². The molecule has 0 unspecified atom stereocenters.